The van der Waals surface area contributed by atoms with E-state index in [2.05, 4.69) is 10.5 Å². The lowest BCUT2D eigenvalue weighted by molar-refractivity contribution is 0.0906. The number of nitrogens with one attached hydrogen (secondary N) is 1. The highest BCUT2D eigenvalue weighted by Crippen LogP contribution is 2.07. The number of carbonyl (C=O) groups excluding carboxylic acids is 1. The smallest absolute Gasteiger partial charge is 0.273 e. The van der Waals surface area contributed by atoms with Gasteiger partial charge in [0.25, 0.3) is 5.91 Å². The van der Waals surface area contributed by atoms with Gasteiger partial charge < -0.3 is 19.7 Å². The van der Waals surface area contributed by atoms with Gasteiger partial charge >= 0.3 is 0 Å². The topological polar surface area (TPSA) is 84.6 Å². The van der Waals surface area contributed by atoms with Gasteiger partial charge in [0, 0.05) is 13.2 Å². The van der Waals surface area contributed by atoms with E-state index >= 15 is 0 Å². The summed E-state index contributed by atoms with van der Waals surface area (Å²) in [6.45, 7) is 0.108. The molecule has 0 saturated heterocycles. The van der Waals surface area contributed by atoms with Crippen molar-refractivity contribution in [1.29, 1.82) is 0 Å². The lowest BCUT2D eigenvalue weighted by atomic mass is 10.1. The van der Waals surface area contributed by atoms with Crippen molar-refractivity contribution in [1.82, 2.24) is 10.5 Å². The number of aliphatic hydroxyl groups is 1. The van der Waals surface area contributed by atoms with Gasteiger partial charge in [0.15, 0.2) is 11.5 Å². The molecule has 0 unspecified atom stereocenters. The largest absolute Gasteiger partial charge is 0.394 e. The Morgan fingerprint density at radius 3 is 2.86 bits per heavy atom. The van der Waals surface area contributed by atoms with Crippen LogP contribution < -0.4 is 5.32 Å². The molecule has 0 aliphatic heterocycles. The third kappa shape index (κ3) is 4.40. The van der Waals surface area contributed by atoms with Gasteiger partial charge in [-0.15, -0.1) is 0 Å². The normalized spacial score (nSPS) is 12.1. The molecule has 1 heterocycles. The fraction of sp³-hybridized carbons (Fsp3) is 0.333. The van der Waals surface area contributed by atoms with E-state index in [4.69, 9.17) is 9.26 Å². The van der Waals surface area contributed by atoms with E-state index in [0.29, 0.717) is 12.2 Å². The van der Waals surface area contributed by atoms with Gasteiger partial charge in [-0.25, -0.2) is 0 Å². The van der Waals surface area contributed by atoms with Crippen molar-refractivity contribution >= 4 is 5.91 Å². The summed E-state index contributed by atoms with van der Waals surface area (Å²) in [5.41, 5.74) is 1.21. The Bertz CT molecular complexity index is 568. The number of benzene rings is 1. The number of carbonyl (C=O) groups is 1. The van der Waals surface area contributed by atoms with E-state index in [0.717, 1.165) is 5.56 Å². The Labute approximate surface area is 122 Å². The van der Waals surface area contributed by atoms with Crippen molar-refractivity contribution in [3.63, 3.8) is 0 Å². The Balaban J connectivity index is 1.95. The predicted octanol–water partition coefficient (Wildman–Crippen LogP) is 1.15. The standard InChI is InChI=1S/C15H18N2O4/c1-20-10-13-8-14(17-21-13)15(19)16-12(9-18)7-11-5-3-2-4-6-11/h2-6,8,12,18H,7,9-10H2,1H3,(H,16,19)/t12-/m0/s1. The first-order valence-electron chi connectivity index (χ1n) is 6.63. The van der Waals surface area contributed by atoms with Crippen molar-refractivity contribution in [2.24, 2.45) is 0 Å². The molecule has 1 aromatic carbocycles. The number of aromatic nitrogens is 1. The average molecular weight is 290 g/mol. The minimum atomic E-state index is -0.379. The lowest BCUT2D eigenvalue weighted by Crippen LogP contribution is -2.39. The van der Waals surface area contributed by atoms with E-state index in [1.54, 1.807) is 0 Å². The van der Waals surface area contributed by atoms with Crippen LogP contribution in [0.1, 0.15) is 21.8 Å². The zero-order valence-electron chi connectivity index (χ0n) is 11.8. The predicted molar refractivity (Wildman–Crippen MR) is 75.7 cm³/mol. The quantitative estimate of drug-likeness (QED) is 0.799. The zero-order chi connectivity index (χ0) is 15.1. The second kappa shape index (κ2) is 7.56. The molecule has 0 aliphatic rings. The third-order valence-electron chi connectivity index (χ3n) is 2.96. The Kier molecular flexibility index (Phi) is 5.48. The maximum Gasteiger partial charge on any atom is 0.273 e. The Hall–Kier alpha value is -2.18. The highest BCUT2D eigenvalue weighted by atomic mass is 16.5. The van der Waals surface area contributed by atoms with Gasteiger partial charge in [-0.2, -0.15) is 0 Å². The fourth-order valence-corrected chi connectivity index (χ4v) is 1.95. The lowest BCUT2D eigenvalue weighted by Gasteiger charge is -2.15. The Morgan fingerprint density at radius 1 is 1.43 bits per heavy atom. The van der Waals surface area contributed by atoms with E-state index in [1.165, 1.54) is 13.2 Å². The maximum absolute atomic E-state index is 12.0. The molecular weight excluding hydrogens is 272 g/mol. The van der Waals surface area contributed by atoms with E-state index in [-0.39, 0.29) is 30.9 Å². The van der Waals surface area contributed by atoms with Crippen LogP contribution in [-0.2, 0) is 17.8 Å². The molecule has 2 aromatic rings. The molecule has 112 valence electrons. The van der Waals surface area contributed by atoms with Crippen molar-refractivity contribution in [2.45, 2.75) is 19.1 Å². The molecule has 1 aromatic heterocycles. The van der Waals surface area contributed by atoms with Gasteiger partial charge in [-0.3, -0.25) is 4.79 Å². The minimum Gasteiger partial charge on any atom is -0.394 e. The van der Waals surface area contributed by atoms with Crippen molar-refractivity contribution in [3.05, 3.63) is 53.4 Å². The van der Waals surface area contributed by atoms with Crippen molar-refractivity contribution in [3.8, 4) is 0 Å². The number of amides is 1. The summed E-state index contributed by atoms with van der Waals surface area (Å²) in [5.74, 6) is 0.0994. The SMILES string of the molecule is COCc1cc(C(=O)N[C@H](CO)Cc2ccccc2)no1. The molecule has 2 rings (SSSR count). The zero-order valence-corrected chi connectivity index (χ0v) is 11.8. The molecule has 2 N–H and O–H groups in total. The first kappa shape index (κ1) is 15.2. The number of rotatable bonds is 7. The monoisotopic (exact) mass is 290 g/mol. The van der Waals surface area contributed by atoms with E-state index in [9.17, 15) is 9.90 Å². The van der Waals surface area contributed by atoms with Crippen LogP contribution in [-0.4, -0.2) is 35.9 Å². The van der Waals surface area contributed by atoms with Crippen LogP contribution in [0.3, 0.4) is 0 Å². The molecular formula is C15H18N2O4. The molecule has 0 saturated carbocycles. The van der Waals surface area contributed by atoms with Crippen LogP contribution in [0.5, 0.6) is 0 Å². The highest BCUT2D eigenvalue weighted by molar-refractivity contribution is 5.92. The van der Waals surface area contributed by atoms with Gasteiger partial charge in [0.05, 0.1) is 12.6 Å². The average Bonchev–Trinajstić information content (AvgIpc) is 2.97. The number of ether oxygens (including phenoxy) is 1. The molecule has 0 aliphatic carbocycles. The minimum absolute atomic E-state index is 0.149. The molecule has 0 spiro atoms. The summed E-state index contributed by atoms with van der Waals surface area (Å²) >= 11 is 0. The number of aliphatic hydroxyl groups excluding tert-OH is 1. The van der Waals surface area contributed by atoms with Crippen LogP contribution in [0.4, 0.5) is 0 Å². The molecule has 0 fully saturated rings. The van der Waals surface area contributed by atoms with Crippen molar-refractivity contribution in [2.75, 3.05) is 13.7 Å². The summed E-state index contributed by atoms with van der Waals surface area (Å²) in [6.07, 6.45) is 0.547. The molecule has 6 nitrogen and oxygen atoms in total. The van der Waals surface area contributed by atoms with E-state index < -0.39 is 0 Å². The van der Waals surface area contributed by atoms with Crippen LogP contribution >= 0.6 is 0 Å². The fourth-order valence-electron chi connectivity index (χ4n) is 1.95. The van der Waals surface area contributed by atoms with Crippen LogP contribution in [0.15, 0.2) is 40.9 Å². The first-order chi connectivity index (χ1) is 10.2. The van der Waals surface area contributed by atoms with E-state index in [1.807, 2.05) is 30.3 Å². The van der Waals surface area contributed by atoms with Gasteiger partial charge in [0.2, 0.25) is 0 Å². The molecule has 1 atom stereocenters. The van der Waals surface area contributed by atoms with Crippen LogP contribution in [0, 0.1) is 0 Å². The summed E-state index contributed by atoms with van der Waals surface area (Å²) in [5, 5.41) is 15.8. The molecule has 1 amide bonds. The third-order valence-corrected chi connectivity index (χ3v) is 2.96. The molecule has 0 bridgehead atoms. The van der Waals surface area contributed by atoms with Crippen LogP contribution in [0.2, 0.25) is 0 Å². The van der Waals surface area contributed by atoms with Crippen molar-refractivity contribution < 1.29 is 19.2 Å². The summed E-state index contributed by atoms with van der Waals surface area (Å²) in [7, 11) is 1.53. The molecule has 0 radical (unpaired) electrons. The summed E-state index contributed by atoms with van der Waals surface area (Å²) in [6, 6.07) is 10.8. The second-order valence-corrected chi connectivity index (χ2v) is 4.65. The van der Waals surface area contributed by atoms with Gasteiger partial charge in [-0.05, 0) is 12.0 Å². The summed E-state index contributed by atoms with van der Waals surface area (Å²) < 4.78 is 9.86. The first-order valence-corrected chi connectivity index (χ1v) is 6.63. The number of hydrogen-bond donors (Lipinski definition) is 2. The Morgan fingerprint density at radius 2 is 2.19 bits per heavy atom. The number of hydrogen-bond acceptors (Lipinski definition) is 5. The van der Waals surface area contributed by atoms with Crippen LogP contribution in [0.25, 0.3) is 0 Å². The second-order valence-electron chi connectivity index (χ2n) is 4.65. The van der Waals surface area contributed by atoms with Gasteiger partial charge in [0.1, 0.15) is 6.61 Å². The maximum atomic E-state index is 12.0. The number of nitrogens with zero attached hydrogens (tertiary/aromatic N) is 1. The van der Waals surface area contributed by atoms with Gasteiger partial charge in [-0.1, -0.05) is 35.5 Å². The molecule has 21 heavy (non-hydrogen) atoms. The molecule has 6 heteroatoms. The summed E-state index contributed by atoms with van der Waals surface area (Å²) in [4.78, 5) is 12.0. The highest BCUT2D eigenvalue weighted by Gasteiger charge is 2.17. The number of methoxy groups -OCH3 is 1.